The topological polar surface area (TPSA) is 27.7 Å². The zero-order valence-corrected chi connectivity index (χ0v) is 21.1. The first kappa shape index (κ1) is 24.4. The summed E-state index contributed by atoms with van der Waals surface area (Å²) >= 11 is 0. The second-order valence-corrected chi connectivity index (χ2v) is 10.6. The first-order valence-electron chi connectivity index (χ1n) is 12.8. The zero-order valence-electron chi connectivity index (χ0n) is 21.1. The molecule has 0 bridgehead atoms. The van der Waals surface area contributed by atoms with Crippen LogP contribution >= 0.6 is 0 Å². The van der Waals surface area contributed by atoms with E-state index in [4.69, 9.17) is 14.2 Å². The summed E-state index contributed by atoms with van der Waals surface area (Å²) in [6.45, 7) is 17.7. The van der Waals surface area contributed by atoms with Crippen molar-refractivity contribution in [2.45, 2.75) is 104 Å². The lowest BCUT2D eigenvalue weighted by molar-refractivity contribution is -0.204. The van der Waals surface area contributed by atoms with Crippen molar-refractivity contribution in [2.24, 2.45) is 11.8 Å². The van der Waals surface area contributed by atoms with Crippen LogP contribution in [0, 0.1) is 11.8 Å². The van der Waals surface area contributed by atoms with Crippen molar-refractivity contribution in [1.29, 1.82) is 0 Å². The molecule has 3 heteroatoms. The van der Waals surface area contributed by atoms with Gasteiger partial charge in [0.05, 0.1) is 12.2 Å². The van der Waals surface area contributed by atoms with Crippen molar-refractivity contribution in [3.8, 4) is 0 Å². The van der Waals surface area contributed by atoms with Crippen molar-refractivity contribution < 1.29 is 14.2 Å². The van der Waals surface area contributed by atoms with Gasteiger partial charge in [-0.15, -0.1) is 0 Å². The maximum absolute atomic E-state index is 6.46. The van der Waals surface area contributed by atoms with Crippen LogP contribution in [0.1, 0.15) is 79.1 Å². The molecule has 0 saturated carbocycles. The van der Waals surface area contributed by atoms with Crippen LogP contribution in [0.3, 0.4) is 0 Å². The third-order valence-corrected chi connectivity index (χ3v) is 7.82. The number of rotatable bonds is 2. The van der Waals surface area contributed by atoms with Gasteiger partial charge >= 0.3 is 0 Å². The molecular formula is C30H42O3. The Kier molecular flexibility index (Phi) is 7.94. The smallest absolute Gasteiger partial charge is 0.184 e. The SMILES string of the molecule is C=C1[C@@H](O[C@H]2O[C@@H]3/C=C(\C)CC/C=C(\C)CC[C@H]3C2=C)O[C@@H]2/C=C(\C)CC/C=C(\C)CC[C@@H]12. The Hall–Kier alpha value is -1.68. The van der Waals surface area contributed by atoms with Crippen LogP contribution in [-0.2, 0) is 14.2 Å². The van der Waals surface area contributed by atoms with Crippen LogP contribution in [-0.4, -0.2) is 24.8 Å². The van der Waals surface area contributed by atoms with Gasteiger partial charge < -0.3 is 14.2 Å². The molecule has 0 aromatic rings. The largest absolute Gasteiger partial charge is 0.341 e. The van der Waals surface area contributed by atoms with Gasteiger partial charge in [0.2, 0.25) is 0 Å². The molecule has 180 valence electrons. The fraction of sp³-hybridized carbons (Fsp3) is 0.600. The number of hydrogen-bond acceptors (Lipinski definition) is 3. The monoisotopic (exact) mass is 450 g/mol. The minimum Gasteiger partial charge on any atom is -0.341 e. The van der Waals surface area contributed by atoms with E-state index in [0.717, 1.165) is 62.5 Å². The van der Waals surface area contributed by atoms with Gasteiger partial charge in [-0.3, -0.25) is 0 Å². The third kappa shape index (κ3) is 5.88. The summed E-state index contributed by atoms with van der Waals surface area (Å²) in [7, 11) is 0. The van der Waals surface area contributed by atoms with Crippen LogP contribution in [0.5, 0.6) is 0 Å². The number of hydrogen-bond donors (Lipinski definition) is 0. The third-order valence-electron chi connectivity index (χ3n) is 7.82. The molecule has 33 heavy (non-hydrogen) atoms. The molecule has 0 aromatic heterocycles. The standard InChI is InChI=1S/C30H42O3/c1-19-9-7-11-21(3)17-27-25(15-13-19)23(5)29(31-27)33-30-24(6)26-16-14-20(2)10-8-12-22(4)18-28(26)32-30/h9-10,17-18,25-30H,5-8,11-16H2,1-4H3/b19-9+,20-10+,21-17+,22-18+/t25-,26-,27+,28+,29+,30+/m0/s1. The molecule has 3 nitrogen and oxygen atoms in total. The summed E-state index contributed by atoms with van der Waals surface area (Å²) in [6, 6.07) is 0. The van der Waals surface area contributed by atoms with Gasteiger partial charge in [-0.25, -0.2) is 0 Å². The average molecular weight is 451 g/mol. The highest BCUT2D eigenvalue weighted by atomic mass is 16.8. The second-order valence-electron chi connectivity index (χ2n) is 10.6. The van der Waals surface area contributed by atoms with Crippen molar-refractivity contribution in [3.05, 3.63) is 70.9 Å². The minimum absolute atomic E-state index is 0.0266. The van der Waals surface area contributed by atoms with Crippen LogP contribution in [0.15, 0.2) is 70.9 Å². The molecule has 0 amide bonds. The van der Waals surface area contributed by atoms with Gasteiger partial charge in [-0.1, -0.05) is 59.8 Å². The minimum atomic E-state index is -0.447. The summed E-state index contributed by atoms with van der Waals surface area (Å²) in [6.07, 6.45) is 17.1. The predicted octanol–water partition coefficient (Wildman–Crippen LogP) is 7.73. The van der Waals surface area contributed by atoms with Gasteiger partial charge in [-0.2, -0.15) is 0 Å². The van der Waals surface area contributed by atoms with Gasteiger partial charge in [-0.05, 0) is 90.2 Å². The highest BCUT2D eigenvalue weighted by Crippen LogP contribution is 2.42. The number of ether oxygens (including phenoxy) is 3. The van der Waals surface area contributed by atoms with Crippen molar-refractivity contribution in [2.75, 3.05) is 0 Å². The maximum Gasteiger partial charge on any atom is 0.184 e. The van der Waals surface area contributed by atoms with E-state index in [1.165, 1.54) is 22.3 Å². The van der Waals surface area contributed by atoms with E-state index in [-0.39, 0.29) is 24.0 Å². The predicted molar refractivity (Wildman–Crippen MR) is 136 cm³/mol. The highest BCUT2D eigenvalue weighted by molar-refractivity contribution is 5.23. The summed E-state index contributed by atoms with van der Waals surface area (Å²) in [5.41, 5.74) is 7.75. The molecule has 0 unspecified atom stereocenters. The average Bonchev–Trinajstić information content (AvgIpc) is 3.20. The van der Waals surface area contributed by atoms with E-state index in [1.807, 2.05) is 0 Å². The Bertz CT molecular complexity index is 814. The molecule has 2 aliphatic heterocycles. The molecular weight excluding hydrogens is 408 g/mol. The number of fused-ring (bicyclic) bond motifs is 2. The quantitative estimate of drug-likeness (QED) is 0.403. The molecule has 2 saturated heterocycles. The Labute approximate surface area is 201 Å². The van der Waals surface area contributed by atoms with Crippen LogP contribution in [0.4, 0.5) is 0 Å². The fourth-order valence-corrected chi connectivity index (χ4v) is 5.57. The van der Waals surface area contributed by atoms with E-state index in [1.54, 1.807) is 0 Å². The zero-order chi connectivity index (χ0) is 23.5. The first-order valence-corrected chi connectivity index (χ1v) is 12.8. The molecule has 2 heterocycles. The fourth-order valence-electron chi connectivity index (χ4n) is 5.57. The molecule has 0 aromatic carbocycles. The Morgan fingerprint density at radius 3 is 1.52 bits per heavy atom. The van der Waals surface area contributed by atoms with E-state index in [9.17, 15) is 0 Å². The maximum atomic E-state index is 6.46. The normalized spacial score (nSPS) is 42.5. The molecule has 4 aliphatic rings. The van der Waals surface area contributed by atoms with Crippen LogP contribution in [0.25, 0.3) is 0 Å². The Morgan fingerprint density at radius 2 is 1.09 bits per heavy atom. The van der Waals surface area contributed by atoms with E-state index in [0.29, 0.717) is 0 Å². The van der Waals surface area contributed by atoms with Crippen molar-refractivity contribution >= 4 is 0 Å². The van der Waals surface area contributed by atoms with Gasteiger partial charge in [0, 0.05) is 11.8 Å². The van der Waals surface area contributed by atoms with Crippen LogP contribution in [0.2, 0.25) is 0 Å². The van der Waals surface area contributed by atoms with Gasteiger partial charge in [0.15, 0.2) is 12.6 Å². The Morgan fingerprint density at radius 1 is 0.667 bits per heavy atom. The number of allylic oxidation sites excluding steroid dienone is 6. The lowest BCUT2D eigenvalue weighted by Gasteiger charge is -2.20. The lowest BCUT2D eigenvalue weighted by Crippen LogP contribution is -2.24. The molecule has 0 radical (unpaired) electrons. The molecule has 2 fully saturated rings. The first-order chi connectivity index (χ1) is 15.8. The molecule has 0 spiro atoms. The van der Waals surface area contributed by atoms with Gasteiger partial charge in [0.25, 0.3) is 0 Å². The molecule has 6 atom stereocenters. The van der Waals surface area contributed by atoms with E-state index >= 15 is 0 Å². The summed E-state index contributed by atoms with van der Waals surface area (Å²) < 4.78 is 19.3. The van der Waals surface area contributed by atoms with Gasteiger partial charge in [0.1, 0.15) is 0 Å². The summed E-state index contributed by atoms with van der Waals surface area (Å²) in [4.78, 5) is 0. The van der Waals surface area contributed by atoms with Crippen LogP contribution < -0.4 is 0 Å². The van der Waals surface area contributed by atoms with Crippen molar-refractivity contribution in [1.82, 2.24) is 0 Å². The molecule has 0 N–H and O–H groups in total. The Balaban J connectivity index is 1.48. The van der Waals surface area contributed by atoms with E-state index in [2.05, 4.69) is 65.2 Å². The summed E-state index contributed by atoms with van der Waals surface area (Å²) in [5.74, 6) is 0.549. The second kappa shape index (κ2) is 10.7. The molecule has 4 rings (SSSR count). The highest BCUT2D eigenvalue weighted by Gasteiger charge is 2.44. The lowest BCUT2D eigenvalue weighted by atomic mass is 9.87. The summed E-state index contributed by atoms with van der Waals surface area (Å²) in [5, 5.41) is 0. The van der Waals surface area contributed by atoms with Crippen molar-refractivity contribution in [3.63, 3.8) is 0 Å². The molecule has 2 aliphatic carbocycles. The van der Waals surface area contributed by atoms with E-state index < -0.39 is 12.6 Å².